The zero-order chi connectivity index (χ0) is 13.1. The van der Waals surface area contributed by atoms with Crippen molar-refractivity contribution >= 4 is 11.5 Å². The summed E-state index contributed by atoms with van der Waals surface area (Å²) in [5.41, 5.74) is 5.67. The van der Waals surface area contributed by atoms with Gasteiger partial charge in [0.15, 0.2) is 5.78 Å². The van der Waals surface area contributed by atoms with Crippen LogP contribution >= 0.6 is 0 Å². The van der Waals surface area contributed by atoms with Crippen LogP contribution in [0.15, 0.2) is 24.5 Å². The van der Waals surface area contributed by atoms with Crippen molar-refractivity contribution in [3.8, 4) is 0 Å². The number of hydrogen-bond donors (Lipinski definition) is 1. The smallest absolute Gasteiger partial charge is 0.170 e. The van der Waals surface area contributed by atoms with Gasteiger partial charge in [0.25, 0.3) is 0 Å². The number of carbonyl (C=O) groups is 1. The summed E-state index contributed by atoms with van der Waals surface area (Å²) in [4.78, 5) is 16.0. The lowest BCUT2D eigenvalue weighted by Crippen LogP contribution is -2.11. The number of nitrogens with zero attached hydrogens (tertiary/aromatic N) is 3. The van der Waals surface area contributed by atoms with Crippen LogP contribution in [0.2, 0.25) is 0 Å². The van der Waals surface area contributed by atoms with Crippen LogP contribution in [0, 0.1) is 5.82 Å². The Morgan fingerprint density at radius 1 is 1.50 bits per heavy atom. The van der Waals surface area contributed by atoms with Crippen LogP contribution < -0.4 is 5.73 Å². The molecule has 0 radical (unpaired) electrons. The monoisotopic (exact) mass is 248 g/mol. The van der Waals surface area contributed by atoms with Crippen molar-refractivity contribution < 1.29 is 9.18 Å². The molecule has 0 unspecified atom stereocenters. The van der Waals surface area contributed by atoms with Crippen molar-refractivity contribution in [2.45, 2.75) is 19.9 Å². The number of benzene rings is 1. The van der Waals surface area contributed by atoms with Gasteiger partial charge in [-0.25, -0.2) is 14.1 Å². The fourth-order valence-electron chi connectivity index (χ4n) is 1.64. The highest BCUT2D eigenvalue weighted by molar-refractivity contribution is 5.97. The number of rotatable bonds is 4. The normalized spacial score (nSPS) is 10.6. The van der Waals surface area contributed by atoms with Crippen molar-refractivity contribution in [1.82, 2.24) is 14.8 Å². The largest absolute Gasteiger partial charge is 0.396 e. The van der Waals surface area contributed by atoms with E-state index in [9.17, 15) is 9.18 Å². The molecule has 0 fully saturated rings. The molecule has 0 aliphatic carbocycles. The van der Waals surface area contributed by atoms with Crippen LogP contribution in [0.1, 0.15) is 23.1 Å². The van der Waals surface area contributed by atoms with Crippen LogP contribution in [0.5, 0.6) is 0 Å². The Bertz CT molecular complexity index is 579. The lowest BCUT2D eigenvalue weighted by atomic mass is 10.1. The Hall–Kier alpha value is -2.24. The molecule has 2 aromatic rings. The van der Waals surface area contributed by atoms with Crippen LogP contribution in [0.3, 0.4) is 0 Å². The van der Waals surface area contributed by atoms with E-state index in [2.05, 4.69) is 10.1 Å². The summed E-state index contributed by atoms with van der Waals surface area (Å²) in [6, 6.07) is 4.03. The molecule has 1 aromatic heterocycles. The van der Waals surface area contributed by atoms with Crippen molar-refractivity contribution in [2.24, 2.45) is 0 Å². The first kappa shape index (κ1) is 12.2. The van der Waals surface area contributed by atoms with Crippen molar-refractivity contribution in [3.05, 3.63) is 41.7 Å². The highest BCUT2D eigenvalue weighted by atomic mass is 19.1. The van der Waals surface area contributed by atoms with Crippen molar-refractivity contribution in [2.75, 3.05) is 5.73 Å². The minimum Gasteiger partial charge on any atom is -0.396 e. The van der Waals surface area contributed by atoms with Crippen LogP contribution in [-0.2, 0) is 13.0 Å². The van der Waals surface area contributed by atoms with Gasteiger partial charge < -0.3 is 5.73 Å². The average Bonchev–Trinajstić information content (AvgIpc) is 2.79. The number of hydrogen-bond acceptors (Lipinski definition) is 4. The Labute approximate surface area is 103 Å². The van der Waals surface area contributed by atoms with E-state index >= 15 is 0 Å². The number of aromatic nitrogens is 3. The molecule has 0 bridgehead atoms. The maximum Gasteiger partial charge on any atom is 0.170 e. The van der Waals surface area contributed by atoms with E-state index in [1.807, 2.05) is 6.92 Å². The number of carbonyl (C=O) groups excluding carboxylic acids is 1. The molecule has 1 aromatic carbocycles. The molecule has 0 saturated carbocycles. The third kappa shape index (κ3) is 2.37. The second-order valence-corrected chi connectivity index (χ2v) is 3.83. The molecule has 18 heavy (non-hydrogen) atoms. The topological polar surface area (TPSA) is 73.8 Å². The number of anilines is 1. The second-order valence-electron chi connectivity index (χ2n) is 3.83. The number of aryl methyl sites for hydroxylation is 1. The second kappa shape index (κ2) is 4.95. The van der Waals surface area contributed by atoms with Crippen LogP contribution in [0.25, 0.3) is 0 Å². The number of nitrogen functional groups attached to an aromatic ring is 1. The van der Waals surface area contributed by atoms with E-state index in [0.29, 0.717) is 12.4 Å². The van der Waals surface area contributed by atoms with Crippen LogP contribution in [0.4, 0.5) is 10.1 Å². The standard InChI is InChI=1S/C12H13FN4O/c1-2-17-12(15-7-16-17)6-11(18)8-3-4-10(14)9(13)5-8/h3-5,7H,2,6,14H2,1H3. The molecule has 2 N–H and O–H groups in total. The van der Waals surface area contributed by atoms with Gasteiger partial charge in [-0.05, 0) is 25.1 Å². The molecular formula is C12H13FN4O. The first-order chi connectivity index (χ1) is 8.61. The first-order valence-electron chi connectivity index (χ1n) is 5.56. The van der Waals surface area contributed by atoms with Crippen LogP contribution in [-0.4, -0.2) is 20.5 Å². The molecular weight excluding hydrogens is 235 g/mol. The summed E-state index contributed by atoms with van der Waals surface area (Å²) in [6.45, 7) is 2.55. The van der Waals surface area contributed by atoms with Gasteiger partial charge in [-0.15, -0.1) is 0 Å². The fourth-order valence-corrected chi connectivity index (χ4v) is 1.64. The molecule has 94 valence electrons. The summed E-state index contributed by atoms with van der Waals surface area (Å²) in [7, 11) is 0. The highest BCUT2D eigenvalue weighted by Gasteiger charge is 2.13. The van der Waals surface area contributed by atoms with E-state index in [4.69, 9.17) is 5.73 Å². The predicted molar refractivity (Wildman–Crippen MR) is 64.5 cm³/mol. The van der Waals surface area contributed by atoms with E-state index in [-0.39, 0.29) is 23.5 Å². The number of ketones is 1. The molecule has 1 heterocycles. The molecule has 0 amide bonds. The zero-order valence-corrected chi connectivity index (χ0v) is 9.93. The van der Waals surface area contributed by atoms with E-state index in [0.717, 1.165) is 6.07 Å². The summed E-state index contributed by atoms with van der Waals surface area (Å²) in [6.07, 6.45) is 1.49. The molecule has 0 aliphatic heterocycles. The van der Waals surface area contributed by atoms with Gasteiger partial charge in [0.05, 0.1) is 12.1 Å². The Balaban J connectivity index is 2.19. The highest BCUT2D eigenvalue weighted by Crippen LogP contribution is 2.13. The zero-order valence-electron chi connectivity index (χ0n) is 9.93. The van der Waals surface area contributed by atoms with Crippen molar-refractivity contribution in [1.29, 1.82) is 0 Å². The first-order valence-corrected chi connectivity index (χ1v) is 5.56. The summed E-state index contributed by atoms with van der Waals surface area (Å²) >= 11 is 0. The Morgan fingerprint density at radius 3 is 2.94 bits per heavy atom. The number of Topliss-reactive ketones (excluding diaryl/α,β-unsaturated/α-hetero) is 1. The molecule has 0 saturated heterocycles. The molecule has 0 spiro atoms. The Morgan fingerprint density at radius 2 is 2.28 bits per heavy atom. The quantitative estimate of drug-likeness (QED) is 0.656. The molecule has 6 heteroatoms. The van der Waals surface area contributed by atoms with Gasteiger partial charge in [0, 0.05) is 12.1 Å². The maximum absolute atomic E-state index is 13.3. The van der Waals surface area contributed by atoms with Gasteiger partial charge in [0.2, 0.25) is 0 Å². The van der Waals surface area contributed by atoms with Gasteiger partial charge in [-0.3, -0.25) is 4.79 Å². The fraction of sp³-hybridized carbons (Fsp3) is 0.250. The third-order valence-corrected chi connectivity index (χ3v) is 2.64. The summed E-state index contributed by atoms with van der Waals surface area (Å²) < 4.78 is 14.9. The molecule has 0 atom stereocenters. The lowest BCUT2D eigenvalue weighted by molar-refractivity contribution is 0.0989. The SMILES string of the molecule is CCn1ncnc1CC(=O)c1ccc(N)c(F)c1. The maximum atomic E-state index is 13.3. The van der Waals surface area contributed by atoms with E-state index < -0.39 is 5.82 Å². The van der Waals surface area contributed by atoms with Gasteiger partial charge in [-0.1, -0.05) is 0 Å². The number of nitrogens with two attached hydrogens (primary N) is 1. The average molecular weight is 248 g/mol. The minimum atomic E-state index is -0.585. The predicted octanol–water partition coefficient (Wildman–Crippen LogP) is 1.44. The van der Waals surface area contributed by atoms with Crippen molar-refractivity contribution in [3.63, 3.8) is 0 Å². The molecule has 5 nitrogen and oxygen atoms in total. The van der Waals surface area contributed by atoms with Gasteiger partial charge >= 0.3 is 0 Å². The Kier molecular flexibility index (Phi) is 3.36. The molecule has 2 rings (SSSR count). The summed E-state index contributed by atoms with van der Waals surface area (Å²) in [5.74, 6) is -0.228. The van der Waals surface area contributed by atoms with Gasteiger partial charge in [0.1, 0.15) is 18.0 Å². The minimum absolute atomic E-state index is 0.0308. The third-order valence-electron chi connectivity index (χ3n) is 2.64. The summed E-state index contributed by atoms with van der Waals surface area (Å²) in [5, 5.41) is 3.97. The van der Waals surface area contributed by atoms with E-state index in [1.54, 1.807) is 4.68 Å². The van der Waals surface area contributed by atoms with Gasteiger partial charge in [-0.2, -0.15) is 5.10 Å². The lowest BCUT2D eigenvalue weighted by Gasteiger charge is -2.04. The van der Waals surface area contributed by atoms with E-state index in [1.165, 1.54) is 18.5 Å². The molecule has 0 aliphatic rings. The number of halogens is 1.